The molecule has 0 aliphatic rings. The Morgan fingerprint density at radius 1 is 1.06 bits per heavy atom. The fourth-order valence-corrected chi connectivity index (χ4v) is 5.07. The Morgan fingerprint density at radius 3 is 2.45 bits per heavy atom. The van der Waals surface area contributed by atoms with Crippen LogP contribution >= 0.6 is 23.2 Å². The molecule has 0 fully saturated rings. The molecule has 0 unspecified atom stereocenters. The number of halogens is 2. The predicted molar refractivity (Wildman–Crippen MR) is 125 cm³/mol. The fourth-order valence-electron chi connectivity index (χ4n) is 3.49. The summed E-state index contributed by atoms with van der Waals surface area (Å²) in [5.74, 6) is 1.45. The van der Waals surface area contributed by atoms with Gasteiger partial charge in [0.15, 0.2) is 9.84 Å². The van der Waals surface area contributed by atoms with Gasteiger partial charge >= 0.3 is 0 Å². The molecule has 0 saturated heterocycles. The first kappa shape index (κ1) is 21.7. The van der Waals surface area contributed by atoms with Crippen LogP contribution in [0.15, 0.2) is 59.5 Å². The number of rotatable bonds is 6. The second-order valence-electron chi connectivity index (χ2n) is 7.05. The first-order valence-electron chi connectivity index (χ1n) is 9.65. The minimum absolute atomic E-state index is 0.0731. The van der Waals surface area contributed by atoms with E-state index in [1.165, 1.54) is 0 Å². The predicted octanol–water partition coefficient (Wildman–Crippen LogP) is 5.93. The van der Waals surface area contributed by atoms with Gasteiger partial charge in [-0.05, 0) is 29.8 Å². The van der Waals surface area contributed by atoms with Gasteiger partial charge in [-0.2, -0.15) is 0 Å². The normalized spacial score (nSPS) is 11.7. The number of fused-ring (bicyclic) bond motifs is 1. The van der Waals surface area contributed by atoms with Gasteiger partial charge in [-0.15, -0.1) is 0 Å². The van der Waals surface area contributed by atoms with Gasteiger partial charge in [-0.1, -0.05) is 60.5 Å². The summed E-state index contributed by atoms with van der Waals surface area (Å²) in [7, 11) is -1.62. The molecule has 5 nitrogen and oxygen atoms in total. The van der Waals surface area contributed by atoms with Crippen LogP contribution in [-0.4, -0.2) is 31.2 Å². The summed E-state index contributed by atoms with van der Waals surface area (Å²) in [6, 6.07) is 16.2. The molecular weight excluding hydrogens is 455 g/mol. The van der Waals surface area contributed by atoms with E-state index in [0.717, 1.165) is 16.6 Å². The summed E-state index contributed by atoms with van der Waals surface area (Å²) in [5.41, 5.74) is 3.74. The zero-order valence-corrected chi connectivity index (χ0v) is 19.3. The van der Waals surface area contributed by atoms with Gasteiger partial charge < -0.3 is 9.72 Å². The van der Waals surface area contributed by atoms with Crippen molar-refractivity contribution < 1.29 is 13.2 Å². The maximum absolute atomic E-state index is 12.0. The number of nitrogens with one attached hydrogen (secondary N) is 1. The monoisotopic (exact) mass is 474 g/mol. The molecule has 0 spiro atoms. The highest BCUT2D eigenvalue weighted by atomic mass is 35.5. The van der Waals surface area contributed by atoms with Crippen molar-refractivity contribution >= 4 is 44.1 Å². The lowest BCUT2D eigenvalue weighted by atomic mass is 10.0. The number of aromatic nitrogens is 2. The molecule has 0 aliphatic carbocycles. The number of H-pyrrole nitrogens is 1. The molecule has 160 valence electrons. The number of benzene rings is 3. The van der Waals surface area contributed by atoms with Gasteiger partial charge in [0.2, 0.25) is 0 Å². The van der Waals surface area contributed by atoms with Crippen LogP contribution in [0.5, 0.6) is 5.75 Å². The van der Waals surface area contributed by atoms with Crippen molar-refractivity contribution in [2.75, 3.05) is 12.9 Å². The van der Waals surface area contributed by atoms with Gasteiger partial charge in [0.05, 0.1) is 33.3 Å². The third-order valence-electron chi connectivity index (χ3n) is 5.13. The lowest BCUT2D eigenvalue weighted by molar-refractivity contribution is 0.416. The number of ether oxygens (including phenoxy) is 1. The molecule has 0 bridgehead atoms. The van der Waals surface area contributed by atoms with Gasteiger partial charge in [-0.3, -0.25) is 0 Å². The Kier molecular flexibility index (Phi) is 5.97. The van der Waals surface area contributed by atoms with Crippen LogP contribution in [-0.2, 0) is 16.3 Å². The number of nitrogens with zero attached hydrogens (tertiary/aromatic N) is 1. The average molecular weight is 475 g/mol. The van der Waals surface area contributed by atoms with Crippen molar-refractivity contribution in [2.45, 2.75) is 18.2 Å². The van der Waals surface area contributed by atoms with E-state index < -0.39 is 9.84 Å². The molecule has 31 heavy (non-hydrogen) atoms. The number of methoxy groups -OCH3 is 1. The van der Waals surface area contributed by atoms with Crippen molar-refractivity contribution in [1.29, 1.82) is 0 Å². The molecule has 0 radical (unpaired) electrons. The summed E-state index contributed by atoms with van der Waals surface area (Å²) in [4.78, 5) is 8.25. The molecule has 0 amide bonds. The van der Waals surface area contributed by atoms with Crippen LogP contribution in [0.1, 0.15) is 18.3 Å². The Labute approximate surface area is 190 Å². The van der Waals surface area contributed by atoms with E-state index in [1.807, 2.05) is 24.3 Å². The number of hydrogen-bond donors (Lipinski definition) is 1. The summed E-state index contributed by atoms with van der Waals surface area (Å²) in [5, 5.41) is 0.935. The van der Waals surface area contributed by atoms with Crippen molar-refractivity contribution in [3.63, 3.8) is 0 Å². The van der Waals surface area contributed by atoms with E-state index in [0.29, 0.717) is 44.0 Å². The molecule has 0 aliphatic heterocycles. The topological polar surface area (TPSA) is 72.1 Å². The van der Waals surface area contributed by atoms with Gasteiger partial charge in [0.1, 0.15) is 17.1 Å². The first-order chi connectivity index (χ1) is 14.8. The van der Waals surface area contributed by atoms with E-state index in [9.17, 15) is 8.42 Å². The van der Waals surface area contributed by atoms with E-state index in [2.05, 4.69) is 9.97 Å². The van der Waals surface area contributed by atoms with Crippen LogP contribution in [0, 0.1) is 0 Å². The van der Waals surface area contributed by atoms with E-state index >= 15 is 0 Å². The lowest BCUT2D eigenvalue weighted by Crippen LogP contribution is -2.03. The van der Waals surface area contributed by atoms with Crippen molar-refractivity contribution in [3.8, 4) is 16.9 Å². The highest BCUT2D eigenvalue weighted by Crippen LogP contribution is 2.42. The maximum Gasteiger partial charge on any atom is 0.178 e. The number of para-hydroxylation sites is 1. The van der Waals surface area contributed by atoms with Crippen molar-refractivity contribution in [2.24, 2.45) is 0 Å². The third kappa shape index (κ3) is 4.15. The molecule has 0 saturated carbocycles. The van der Waals surface area contributed by atoms with Crippen molar-refractivity contribution in [1.82, 2.24) is 9.97 Å². The van der Waals surface area contributed by atoms with Gasteiger partial charge in [0, 0.05) is 17.5 Å². The molecular formula is C23H20Cl2N2O3S. The summed E-state index contributed by atoms with van der Waals surface area (Å²) in [6.45, 7) is 1.63. The van der Waals surface area contributed by atoms with Crippen molar-refractivity contribution in [3.05, 3.63) is 76.0 Å². The van der Waals surface area contributed by atoms with E-state index in [-0.39, 0.29) is 5.75 Å². The standard InChI is InChI=1S/C23H20Cl2N2O3S/c1-3-31(28,29)15-10-8-14(9-11-15)12-20-26-18-13-17(24)21(22(25)23(18)27-20)16-6-4-5-7-19(16)30-2/h4-11,13H,3,12H2,1-2H3,(H,26,27). The Hall–Kier alpha value is -2.54. The third-order valence-corrected chi connectivity index (χ3v) is 7.55. The van der Waals surface area contributed by atoms with Crippen LogP contribution < -0.4 is 4.74 Å². The summed E-state index contributed by atoms with van der Waals surface area (Å²) < 4.78 is 29.5. The van der Waals surface area contributed by atoms with Crippen LogP contribution in [0.25, 0.3) is 22.2 Å². The largest absolute Gasteiger partial charge is 0.496 e. The molecule has 3 aromatic carbocycles. The van der Waals surface area contributed by atoms with Crippen LogP contribution in [0.2, 0.25) is 10.0 Å². The van der Waals surface area contributed by atoms with Gasteiger partial charge in [-0.25, -0.2) is 13.4 Å². The number of hydrogen-bond acceptors (Lipinski definition) is 4. The zero-order chi connectivity index (χ0) is 22.2. The Balaban J connectivity index is 1.71. The minimum atomic E-state index is -3.22. The molecule has 1 heterocycles. The SMILES string of the molecule is CCS(=O)(=O)c1ccc(Cc2nc3c(Cl)c(-c4ccccc4OC)c(Cl)cc3[nH]2)cc1. The number of aromatic amines is 1. The average Bonchev–Trinajstić information content (AvgIpc) is 3.17. The highest BCUT2D eigenvalue weighted by Gasteiger charge is 2.19. The van der Waals surface area contributed by atoms with Crippen LogP contribution in [0.4, 0.5) is 0 Å². The molecule has 1 N–H and O–H groups in total. The van der Waals surface area contributed by atoms with E-state index in [1.54, 1.807) is 44.4 Å². The second kappa shape index (κ2) is 8.54. The Bertz CT molecular complexity index is 1360. The number of sulfone groups is 1. The highest BCUT2D eigenvalue weighted by molar-refractivity contribution is 7.91. The first-order valence-corrected chi connectivity index (χ1v) is 12.1. The Morgan fingerprint density at radius 2 is 1.77 bits per heavy atom. The molecule has 0 atom stereocenters. The maximum atomic E-state index is 12.0. The van der Waals surface area contributed by atoms with E-state index in [4.69, 9.17) is 27.9 Å². The van der Waals surface area contributed by atoms with Crippen LogP contribution in [0.3, 0.4) is 0 Å². The molecule has 8 heteroatoms. The lowest BCUT2D eigenvalue weighted by Gasteiger charge is -2.12. The zero-order valence-electron chi connectivity index (χ0n) is 16.9. The summed E-state index contributed by atoms with van der Waals surface area (Å²) >= 11 is 13.3. The minimum Gasteiger partial charge on any atom is -0.496 e. The van der Waals surface area contributed by atoms with Gasteiger partial charge in [0.25, 0.3) is 0 Å². The quantitative estimate of drug-likeness (QED) is 0.375. The molecule has 1 aromatic heterocycles. The fraction of sp³-hybridized carbons (Fsp3) is 0.174. The second-order valence-corrected chi connectivity index (χ2v) is 10.1. The smallest absolute Gasteiger partial charge is 0.178 e. The summed E-state index contributed by atoms with van der Waals surface area (Å²) in [6.07, 6.45) is 0.499. The molecule has 4 aromatic rings. The number of imidazole rings is 1. The molecule has 4 rings (SSSR count).